The molecule has 0 amide bonds. The Labute approximate surface area is 243 Å². The fourth-order valence-electron chi connectivity index (χ4n) is 6.75. The molecule has 2 bridgehead atoms. The normalized spacial score (nSPS) is 24.4. The van der Waals surface area contributed by atoms with Crippen molar-refractivity contribution in [2.75, 3.05) is 13.1 Å². The first kappa shape index (κ1) is 31.7. The van der Waals surface area contributed by atoms with Crippen molar-refractivity contribution in [3.63, 3.8) is 0 Å². The lowest BCUT2D eigenvalue weighted by Crippen LogP contribution is -2.60. The Morgan fingerprint density at radius 3 is 1.80 bits per heavy atom. The number of hydrogen-bond acceptors (Lipinski definition) is 6. The minimum atomic E-state index is -6.09. The molecule has 0 N–H and O–H groups in total. The first-order valence-electron chi connectivity index (χ1n) is 13.9. The van der Waals surface area contributed by atoms with Crippen LogP contribution in [0, 0.1) is 0 Å². The van der Waals surface area contributed by atoms with Crippen LogP contribution in [-0.4, -0.2) is 65.8 Å². The van der Waals surface area contributed by atoms with Crippen molar-refractivity contribution in [1.29, 1.82) is 0 Å². The van der Waals surface area contributed by atoms with Gasteiger partial charge in [0.15, 0.2) is 10.1 Å². The van der Waals surface area contributed by atoms with Gasteiger partial charge >= 0.3 is 11.5 Å². The Balaban J connectivity index is 0.000000426. The monoisotopic (exact) mass is 617 g/mol. The fraction of sp³-hybridized carbons (Fsp3) is 0.552. The quantitative estimate of drug-likeness (QED) is 0.128. The number of carbonyl (C=O) groups excluding carboxylic acids is 1. The van der Waals surface area contributed by atoms with E-state index in [9.17, 15) is 18.0 Å². The van der Waals surface area contributed by atoms with Crippen LogP contribution in [0.25, 0.3) is 0 Å². The van der Waals surface area contributed by atoms with Crippen LogP contribution in [0.1, 0.15) is 63.0 Å². The number of halogens is 4. The molecule has 0 saturated carbocycles. The maximum Gasteiger partial charge on any atom is 0.485 e. The van der Waals surface area contributed by atoms with E-state index in [1.54, 1.807) is 0 Å². The van der Waals surface area contributed by atoms with Crippen molar-refractivity contribution in [2.24, 2.45) is 0 Å². The van der Waals surface area contributed by atoms with E-state index in [1.165, 1.54) is 43.3 Å². The summed E-state index contributed by atoms with van der Waals surface area (Å²) in [6.45, 7) is 4.57. The summed E-state index contributed by atoms with van der Waals surface area (Å²) in [4.78, 5) is 14.1. The number of alkyl halides is 4. The van der Waals surface area contributed by atoms with Gasteiger partial charge in [-0.05, 0) is 17.5 Å². The summed E-state index contributed by atoms with van der Waals surface area (Å²) in [5.41, 5.74) is -6.14. The molecule has 7 nitrogen and oxygen atoms in total. The summed E-state index contributed by atoms with van der Waals surface area (Å²) < 4.78 is 73.0. The Morgan fingerprint density at radius 2 is 1.41 bits per heavy atom. The summed E-state index contributed by atoms with van der Waals surface area (Å²) >= 11 is 6.54. The average molecular weight is 618 g/mol. The van der Waals surface area contributed by atoms with Crippen LogP contribution >= 0.6 is 11.6 Å². The zero-order chi connectivity index (χ0) is 29.9. The van der Waals surface area contributed by atoms with Crippen LogP contribution in [0.5, 0.6) is 0 Å². The highest BCUT2D eigenvalue weighted by Gasteiger charge is 2.57. The largest absolute Gasteiger partial charge is 0.741 e. The van der Waals surface area contributed by atoms with E-state index in [2.05, 4.69) is 0 Å². The van der Waals surface area contributed by atoms with Gasteiger partial charge in [0.2, 0.25) is 5.60 Å². The molecule has 0 aromatic heterocycles. The van der Waals surface area contributed by atoms with E-state index in [-0.39, 0.29) is 12.1 Å². The van der Waals surface area contributed by atoms with Gasteiger partial charge in [0.05, 0.1) is 25.2 Å². The molecule has 12 heteroatoms. The number of rotatable bonds is 7. The molecule has 0 radical (unpaired) electrons. The highest BCUT2D eigenvalue weighted by atomic mass is 35.5. The summed E-state index contributed by atoms with van der Waals surface area (Å²) in [5, 5.41) is 0. The smallest absolute Gasteiger partial charge is 0.485 e. The third-order valence-corrected chi connectivity index (χ3v) is 9.55. The molecule has 3 aliphatic heterocycles. The third kappa shape index (κ3) is 6.59. The molecule has 3 heterocycles. The SMILES string of the molecule is CCC(Cl)OC(C(=O)OC1CC2CCC(C1)[N+]21CCCC1)(c1ccccc1)c1ccccc1.O=S(=O)([O-])C(F)(F)F. The molecule has 3 fully saturated rings. The molecule has 1 spiro atoms. The van der Waals surface area contributed by atoms with Gasteiger partial charge < -0.3 is 18.5 Å². The van der Waals surface area contributed by atoms with Crippen LogP contribution < -0.4 is 0 Å². The number of piperidine rings is 1. The van der Waals surface area contributed by atoms with Crippen molar-refractivity contribution >= 4 is 27.7 Å². The number of nitrogens with zero attached hydrogens (tertiary/aromatic N) is 1. The van der Waals surface area contributed by atoms with Crippen molar-refractivity contribution in [3.05, 3.63) is 71.8 Å². The summed E-state index contributed by atoms with van der Waals surface area (Å²) in [6, 6.07) is 20.6. The number of carbonyl (C=O) groups is 1. The lowest BCUT2D eigenvalue weighted by Gasteiger charge is -2.47. The van der Waals surface area contributed by atoms with Gasteiger partial charge in [-0.3, -0.25) is 0 Å². The second-order valence-electron chi connectivity index (χ2n) is 10.9. The molecule has 5 rings (SSSR count). The van der Waals surface area contributed by atoms with Crippen LogP contribution in [0.4, 0.5) is 13.2 Å². The second-order valence-corrected chi connectivity index (χ2v) is 12.7. The van der Waals surface area contributed by atoms with Crippen LogP contribution in [0.3, 0.4) is 0 Å². The van der Waals surface area contributed by atoms with Gasteiger partial charge in [0.1, 0.15) is 11.7 Å². The Kier molecular flexibility index (Phi) is 9.75. The van der Waals surface area contributed by atoms with Crippen LogP contribution in [0.2, 0.25) is 0 Å². The van der Waals surface area contributed by atoms with E-state index in [4.69, 9.17) is 34.0 Å². The predicted octanol–water partition coefficient (Wildman–Crippen LogP) is 5.82. The average Bonchev–Trinajstić information content (AvgIpc) is 3.48. The zero-order valence-corrected chi connectivity index (χ0v) is 24.3. The first-order valence-corrected chi connectivity index (χ1v) is 15.7. The Morgan fingerprint density at radius 1 is 0.976 bits per heavy atom. The lowest BCUT2D eigenvalue weighted by atomic mass is 9.85. The van der Waals surface area contributed by atoms with Gasteiger partial charge in [-0.2, -0.15) is 13.2 Å². The molecule has 3 atom stereocenters. The predicted molar refractivity (Wildman–Crippen MR) is 146 cm³/mol. The van der Waals surface area contributed by atoms with E-state index in [0.29, 0.717) is 18.5 Å². The van der Waals surface area contributed by atoms with E-state index < -0.39 is 26.8 Å². The lowest BCUT2D eigenvalue weighted by molar-refractivity contribution is -0.956. The first-order chi connectivity index (χ1) is 19.3. The topological polar surface area (TPSA) is 92.7 Å². The van der Waals surface area contributed by atoms with Gasteiger partial charge in [-0.1, -0.05) is 79.2 Å². The summed E-state index contributed by atoms with van der Waals surface area (Å²) in [5.74, 6) is -0.349. The van der Waals surface area contributed by atoms with E-state index in [0.717, 1.165) is 24.0 Å². The van der Waals surface area contributed by atoms with Gasteiger partial charge in [-0.15, -0.1) is 0 Å². The summed E-state index contributed by atoms with van der Waals surface area (Å²) in [7, 11) is -6.09. The number of esters is 1. The Hall–Kier alpha value is -2.18. The number of quaternary nitrogens is 1. The van der Waals surface area contributed by atoms with E-state index in [1.807, 2.05) is 67.6 Å². The molecule has 3 saturated heterocycles. The van der Waals surface area contributed by atoms with Gasteiger partial charge in [0.25, 0.3) is 0 Å². The van der Waals surface area contributed by atoms with Crippen molar-refractivity contribution in [2.45, 2.75) is 86.7 Å². The number of benzene rings is 2. The molecular formula is C29H35ClF3NO6S. The van der Waals surface area contributed by atoms with Crippen molar-refractivity contribution in [3.8, 4) is 0 Å². The second kappa shape index (κ2) is 12.6. The maximum atomic E-state index is 14.1. The molecule has 41 heavy (non-hydrogen) atoms. The number of ether oxygens (including phenoxy) is 2. The molecule has 226 valence electrons. The minimum absolute atomic E-state index is 0.0647. The molecule has 2 aromatic rings. The highest BCUT2D eigenvalue weighted by Crippen LogP contribution is 2.47. The van der Waals surface area contributed by atoms with E-state index >= 15 is 0 Å². The zero-order valence-electron chi connectivity index (χ0n) is 22.8. The van der Waals surface area contributed by atoms with Crippen molar-refractivity contribution in [1.82, 2.24) is 0 Å². The van der Waals surface area contributed by atoms with Crippen LogP contribution in [-0.2, 0) is 30.0 Å². The minimum Gasteiger partial charge on any atom is -0.741 e. The van der Waals surface area contributed by atoms with Gasteiger partial charge in [0, 0.05) is 38.5 Å². The number of hydrogen-bond donors (Lipinski definition) is 0. The molecule has 3 aliphatic rings. The highest BCUT2D eigenvalue weighted by molar-refractivity contribution is 7.86. The molecular weight excluding hydrogens is 583 g/mol. The molecule has 2 aromatic carbocycles. The molecule has 3 unspecified atom stereocenters. The maximum absolute atomic E-state index is 14.1. The fourth-order valence-corrected chi connectivity index (χ4v) is 6.88. The summed E-state index contributed by atoms with van der Waals surface area (Å²) in [6.07, 6.45) is 7.64. The third-order valence-electron chi connectivity index (χ3n) is 8.59. The molecule has 0 aliphatic carbocycles. The van der Waals surface area contributed by atoms with Crippen LogP contribution in [0.15, 0.2) is 60.7 Å². The van der Waals surface area contributed by atoms with Gasteiger partial charge in [-0.25, -0.2) is 13.2 Å². The van der Waals surface area contributed by atoms with Crippen molar-refractivity contribution < 1.29 is 44.9 Å². The standard InChI is InChI=1S/C28H35ClNO3.CHF3O3S/c1-2-26(29)33-28(21-11-5-3-6-12-21,22-13-7-4-8-14-22)27(31)32-25-19-23-15-16-24(20-25)30(23)17-9-10-18-30;2-1(3,4)8(5,6)7/h3-8,11-14,23-26H,2,9-10,15-20H2,1H3;(H,5,6,7)/q+1;/p-1. The Bertz CT molecular complexity index is 1220.